The second kappa shape index (κ2) is 9.66. The third-order valence-electron chi connectivity index (χ3n) is 7.24. The quantitative estimate of drug-likeness (QED) is 0.360. The second-order valence-electron chi connectivity index (χ2n) is 10.7. The lowest BCUT2D eigenvalue weighted by atomic mass is 9.79. The summed E-state index contributed by atoms with van der Waals surface area (Å²) < 4.78 is 56.2. The second-order valence-corrected chi connectivity index (χ2v) is 10.7. The van der Waals surface area contributed by atoms with Crippen molar-refractivity contribution in [1.82, 2.24) is 0 Å². The highest BCUT2D eigenvalue weighted by Crippen LogP contribution is 2.44. The number of nitrogens with zero attached hydrogens (tertiary/aromatic N) is 1. The minimum Gasteiger partial charge on any atom is -0.488 e. The number of ether oxygens (including phenoxy) is 2. The molecule has 2 aromatic carbocycles. The number of para-hydroxylation sites is 1. The van der Waals surface area contributed by atoms with Gasteiger partial charge in [-0.2, -0.15) is 13.2 Å². The molecule has 10 heteroatoms. The van der Waals surface area contributed by atoms with Gasteiger partial charge in [-0.15, -0.1) is 0 Å². The molecule has 0 bridgehead atoms. The fourth-order valence-electron chi connectivity index (χ4n) is 5.18. The SMILES string of the molecule is CC(C)(CC1C(=O)N(Cc2ccc(C(F)(F)F)o2)c2ccccc21)Oc1cccc(OC2(C(N)=O)CCC2)c1. The Morgan fingerprint density at radius 1 is 1.08 bits per heavy atom. The van der Waals surface area contributed by atoms with E-state index < -0.39 is 35.0 Å². The van der Waals surface area contributed by atoms with Crippen LogP contribution in [-0.4, -0.2) is 23.0 Å². The molecule has 0 radical (unpaired) electrons. The van der Waals surface area contributed by atoms with Crippen molar-refractivity contribution in [2.75, 3.05) is 4.90 Å². The normalized spacial score (nSPS) is 18.4. The summed E-state index contributed by atoms with van der Waals surface area (Å²) in [5.41, 5.74) is 5.15. The first-order chi connectivity index (χ1) is 18.4. The molecule has 1 saturated carbocycles. The first kappa shape index (κ1) is 26.6. The van der Waals surface area contributed by atoms with Crippen molar-refractivity contribution in [3.63, 3.8) is 0 Å². The van der Waals surface area contributed by atoms with Gasteiger partial charge < -0.3 is 24.5 Å². The number of carbonyl (C=O) groups excluding carboxylic acids is 2. The number of furan rings is 1. The van der Waals surface area contributed by atoms with Crippen LogP contribution in [0.4, 0.5) is 18.9 Å². The number of alkyl halides is 3. The molecule has 7 nitrogen and oxygen atoms in total. The number of hydrogen-bond acceptors (Lipinski definition) is 5. The molecule has 1 fully saturated rings. The Kier molecular flexibility index (Phi) is 6.60. The van der Waals surface area contributed by atoms with Crippen LogP contribution in [0.1, 0.15) is 62.5 Å². The predicted molar refractivity (Wildman–Crippen MR) is 136 cm³/mol. The Morgan fingerprint density at radius 3 is 2.44 bits per heavy atom. The lowest BCUT2D eigenvalue weighted by Gasteiger charge is -2.38. The largest absolute Gasteiger partial charge is 0.488 e. The molecule has 2 aliphatic rings. The number of rotatable bonds is 9. The molecule has 1 aliphatic heterocycles. The Morgan fingerprint density at radius 2 is 1.79 bits per heavy atom. The predicted octanol–water partition coefficient (Wildman–Crippen LogP) is 5.96. The van der Waals surface area contributed by atoms with Gasteiger partial charge >= 0.3 is 6.18 Å². The van der Waals surface area contributed by atoms with Gasteiger partial charge in [-0.25, -0.2) is 0 Å². The highest BCUT2D eigenvalue weighted by atomic mass is 19.4. The van der Waals surface area contributed by atoms with Gasteiger partial charge in [0.2, 0.25) is 11.7 Å². The van der Waals surface area contributed by atoms with Crippen LogP contribution >= 0.6 is 0 Å². The zero-order valence-electron chi connectivity index (χ0n) is 21.6. The number of carbonyl (C=O) groups is 2. The van der Waals surface area contributed by atoms with E-state index in [0.717, 1.165) is 18.1 Å². The van der Waals surface area contributed by atoms with Gasteiger partial charge in [0.1, 0.15) is 22.9 Å². The van der Waals surface area contributed by atoms with Crippen LogP contribution < -0.4 is 20.1 Å². The standard InChI is InChI=1S/C29H29F3N2O5/c1-27(2,38-18-7-5-8-19(15-18)39-28(26(33)36)13-6-14-28)16-22-21-9-3-4-10-23(21)34(25(22)35)17-20-11-12-24(37-20)29(30,31)32/h3-5,7-12,15,22H,6,13-14,16-17H2,1-2H3,(H2,33,36). The van der Waals surface area contributed by atoms with E-state index in [-0.39, 0.29) is 18.2 Å². The number of hydrogen-bond donors (Lipinski definition) is 1. The summed E-state index contributed by atoms with van der Waals surface area (Å²) in [5.74, 6) is -1.40. The van der Waals surface area contributed by atoms with Crippen LogP contribution in [-0.2, 0) is 22.3 Å². The van der Waals surface area contributed by atoms with Gasteiger partial charge in [-0.1, -0.05) is 24.3 Å². The molecule has 39 heavy (non-hydrogen) atoms. The molecule has 2 heterocycles. The summed E-state index contributed by atoms with van der Waals surface area (Å²) in [5, 5.41) is 0. The van der Waals surface area contributed by atoms with Gasteiger partial charge in [0, 0.05) is 18.2 Å². The maximum Gasteiger partial charge on any atom is 0.449 e. The highest BCUT2D eigenvalue weighted by Gasteiger charge is 2.46. The van der Waals surface area contributed by atoms with E-state index in [1.165, 1.54) is 11.0 Å². The molecule has 1 atom stereocenters. The van der Waals surface area contributed by atoms with E-state index in [4.69, 9.17) is 19.6 Å². The molecule has 206 valence electrons. The highest BCUT2D eigenvalue weighted by molar-refractivity contribution is 6.04. The number of fused-ring (bicyclic) bond motifs is 1. The number of primary amides is 1. The van der Waals surface area contributed by atoms with Crippen molar-refractivity contribution < 1.29 is 36.7 Å². The van der Waals surface area contributed by atoms with E-state index in [9.17, 15) is 22.8 Å². The van der Waals surface area contributed by atoms with Crippen LogP contribution in [0.3, 0.4) is 0 Å². The first-order valence-corrected chi connectivity index (χ1v) is 12.7. The number of benzene rings is 2. The van der Waals surface area contributed by atoms with Crippen molar-refractivity contribution in [2.45, 2.75) is 69.4 Å². The lowest BCUT2D eigenvalue weighted by molar-refractivity contribution is -0.153. The molecule has 3 aromatic rings. The number of amides is 2. The van der Waals surface area contributed by atoms with E-state index in [0.29, 0.717) is 36.4 Å². The van der Waals surface area contributed by atoms with Crippen LogP contribution in [0, 0.1) is 0 Å². The molecule has 1 unspecified atom stereocenters. The van der Waals surface area contributed by atoms with Crippen molar-refractivity contribution in [2.24, 2.45) is 5.73 Å². The number of nitrogens with two attached hydrogens (primary N) is 1. The zero-order chi connectivity index (χ0) is 28.0. The molecule has 0 spiro atoms. The topological polar surface area (TPSA) is 95.0 Å². The summed E-state index contributed by atoms with van der Waals surface area (Å²) >= 11 is 0. The van der Waals surface area contributed by atoms with E-state index in [2.05, 4.69) is 0 Å². The van der Waals surface area contributed by atoms with Crippen molar-refractivity contribution in [3.05, 3.63) is 77.7 Å². The van der Waals surface area contributed by atoms with Gasteiger partial charge in [0.05, 0.1) is 12.5 Å². The van der Waals surface area contributed by atoms with Crippen molar-refractivity contribution in [1.29, 1.82) is 0 Å². The Hall–Kier alpha value is -3.95. The average molecular weight is 543 g/mol. The summed E-state index contributed by atoms with van der Waals surface area (Å²) in [6.45, 7) is 3.60. The number of anilines is 1. The van der Waals surface area contributed by atoms with Gasteiger partial charge in [-0.05, 0) is 69.0 Å². The fourth-order valence-corrected chi connectivity index (χ4v) is 5.18. The molecule has 2 N–H and O–H groups in total. The van der Waals surface area contributed by atoms with Crippen molar-refractivity contribution >= 4 is 17.5 Å². The molecular weight excluding hydrogens is 513 g/mol. The van der Waals surface area contributed by atoms with Crippen LogP contribution in [0.5, 0.6) is 11.5 Å². The number of halogens is 3. The lowest BCUT2D eigenvalue weighted by Crippen LogP contribution is -2.54. The monoisotopic (exact) mass is 542 g/mol. The summed E-state index contributed by atoms with van der Waals surface area (Å²) in [6, 6.07) is 16.2. The zero-order valence-corrected chi connectivity index (χ0v) is 21.6. The van der Waals surface area contributed by atoms with Crippen LogP contribution in [0.15, 0.2) is 65.1 Å². The van der Waals surface area contributed by atoms with Crippen LogP contribution in [0.25, 0.3) is 0 Å². The Bertz CT molecular complexity index is 1390. The summed E-state index contributed by atoms with van der Waals surface area (Å²) in [7, 11) is 0. The third-order valence-corrected chi connectivity index (χ3v) is 7.24. The first-order valence-electron chi connectivity index (χ1n) is 12.7. The smallest absolute Gasteiger partial charge is 0.449 e. The van der Waals surface area contributed by atoms with E-state index in [1.807, 2.05) is 26.0 Å². The Balaban J connectivity index is 1.32. The molecule has 5 rings (SSSR count). The molecule has 1 aliphatic carbocycles. The molecule has 0 saturated heterocycles. The fraction of sp³-hybridized carbons (Fsp3) is 0.379. The van der Waals surface area contributed by atoms with Gasteiger partial charge in [0.15, 0.2) is 5.60 Å². The summed E-state index contributed by atoms with van der Waals surface area (Å²) in [4.78, 5) is 26.9. The van der Waals surface area contributed by atoms with Gasteiger partial charge in [0.25, 0.3) is 5.91 Å². The minimum atomic E-state index is -4.60. The summed E-state index contributed by atoms with van der Waals surface area (Å²) in [6.07, 6.45) is -2.30. The van der Waals surface area contributed by atoms with E-state index in [1.54, 1.807) is 36.4 Å². The van der Waals surface area contributed by atoms with E-state index >= 15 is 0 Å². The minimum absolute atomic E-state index is 0.0404. The average Bonchev–Trinajstić information content (AvgIpc) is 3.41. The maximum absolute atomic E-state index is 13.6. The molecule has 2 amide bonds. The maximum atomic E-state index is 13.6. The molecular formula is C29H29F3N2O5. The van der Waals surface area contributed by atoms with Crippen molar-refractivity contribution in [3.8, 4) is 11.5 Å². The Labute approximate surface area is 223 Å². The van der Waals surface area contributed by atoms with Gasteiger partial charge in [-0.3, -0.25) is 9.59 Å². The molecule has 1 aromatic heterocycles. The third kappa shape index (κ3) is 5.32. The van der Waals surface area contributed by atoms with Crippen LogP contribution in [0.2, 0.25) is 0 Å².